The maximum Gasteiger partial charge on any atom is 0.124 e. The number of benzene rings is 1. The van der Waals surface area contributed by atoms with Gasteiger partial charge in [-0.1, -0.05) is 0 Å². The molecule has 0 saturated carbocycles. The lowest BCUT2D eigenvalue weighted by Gasteiger charge is -2.20. The third kappa shape index (κ3) is 1.92. The zero-order valence-corrected chi connectivity index (χ0v) is 10.4. The predicted octanol–water partition coefficient (Wildman–Crippen LogP) is 2.13. The average Bonchev–Trinajstić information content (AvgIpc) is 2.09. The van der Waals surface area contributed by atoms with Crippen molar-refractivity contribution >= 4 is 10.1 Å². The molecule has 0 aromatic heterocycles. The maximum absolute atomic E-state index is 11.1. The van der Waals surface area contributed by atoms with E-state index in [2.05, 4.69) is 0 Å². The van der Waals surface area contributed by atoms with Crippen LogP contribution < -0.4 is 0 Å². The maximum atomic E-state index is 11.1. The van der Waals surface area contributed by atoms with E-state index in [1.165, 1.54) is 0 Å². The molecule has 0 N–H and O–H groups in total. The van der Waals surface area contributed by atoms with E-state index in [4.69, 9.17) is 0 Å². The highest BCUT2D eigenvalue weighted by Gasteiger charge is 2.16. The molecule has 1 rings (SSSR count). The molecule has 1 aromatic carbocycles. The Hall–Kier alpha value is -0.870. The summed E-state index contributed by atoms with van der Waals surface area (Å²) in [6, 6.07) is 0. The standard InChI is InChI=1S/C11H16O3S/c1-6-7(2)9(4)11(15(12,13)14)10(5)8(6)3/h1-5H3,(H,12,13,14)/p-1. The topological polar surface area (TPSA) is 57.2 Å². The van der Waals surface area contributed by atoms with Crippen LogP contribution in [0.25, 0.3) is 0 Å². The van der Waals surface area contributed by atoms with Crippen molar-refractivity contribution in [1.82, 2.24) is 0 Å². The van der Waals surface area contributed by atoms with Crippen molar-refractivity contribution in [3.8, 4) is 0 Å². The van der Waals surface area contributed by atoms with Gasteiger partial charge in [-0.3, -0.25) is 0 Å². The summed E-state index contributed by atoms with van der Waals surface area (Å²) < 4.78 is 33.4. The van der Waals surface area contributed by atoms with Gasteiger partial charge < -0.3 is 4.55 Å². The predicted molar refractivity (Wildman–Crippen MR) is 58.1 cm³/mol. The molecule has 0 amide bonds. The summed E-state index contributed by atoms with van der Waals surface area (Å²) in [4.78, 5) is -0.0527. The van der Waals surface area contributed by atoms with E-state index in [-0.39, 0.29) is 4.90 Å². The van der Waals surface area contributed by atoms with Gasteiger partial charge in [0.1, 0.15) is 10.1 Å². The molecule has 1 aromatic rings. The summed E-state index contributed by atoms with van der Waals surface area (Å²) in [5, 5.41) is 0. The molecular formula is C11H15O3S-. The lowest BCUT2D eigenvalue weighted by atomic mass is 9.95. The van der Waals surface area contributed by atoms with Crippen molar-refractivity contribution in [1.29, 1.82) is 0 Å². The summed E-state index contributed by atoms with van der Waals surface area (Å²) >= 11 is 0. The normalized spacial score (nSPS) is 11.9. The van der Waals surface area contributed by atoms with Crippen LogP contribution in [0.1, 0.15) is 27.8 Å². The molecule has 0 unspecified atom stereocenters. The quantitative estimate of drug-likeness (QED) is 0.690. The monoisotopic (exact) mass is 227 g/mol. The van der Waals surface area contributed by atoms with E-state index in [0.717, 1.165) is 16.7 Å². The van der Waals surface area contributed by atoms with Crippen LogP contribution in [-0.4, -0.2) is 13.0 Å². The van der Waals surface area contributed by atoms with Gasteiger partial charge in [0.25, 0.3) is 0 Å². The highest BCUT2D eigenvalue weighted by atomic mass is 32.2. The first-order valence-electron chi connectivity index (χ1n) is 4.70. The van der Waals surface area contributed by atoms with Crippen LogP contribution in [-0.2, 0) is 10.1 Å². The number of hydrogen-bond donors (Lipinski definition) is 0. The van der Waals surface area contributed by atoms with E-state index >= 15 is 0 Å². The Kier molecular flexibility index (Phi) is 2.94. The minimum Gasteiger partial charge on any atom is -0.744 e. The second kappa shape index (κ2) is 3.61. The summed E-state index contributed by atoms with van der Waals surface area (Å²) in [6.45, 7) is 8.97. The first-order chi connectivity index (χ1) is 6.68. The summed E-state index contributed by atoms with van der Waals surface area (Å²) in [5.41, 5.74) is 3.97. The molecular weight excluding hydrogens is 212 g/mol. The smallest absolute Gasteiger partial charge is 0.124 e. The fourth-order valence-corrected chi connectivity index (χ4v) is 2.90. The summed E-state index contributed by atoms with van der Waals surface area (Å²) in [6.07, 6.45) is 0. The van der Waals surface area contributed by atoms with E-state index < -0.39 is 10.1 Å². The fraction of sp³-hybridized carbons (Fsp3) is 0.455. The molecule has 0 bridgehead atoms. The van der Waals surface area contributed by atoms with Crippen molar-refractivity contribution in [2.75, 3.05) is 0 Å². The van der Waals surface area contributed by atoms with E-state index in [9.17, 15) is 13.0 Å². The molecule has 0 radical (unpaired) electrons. The Morgan fingerprint density at radius 2 is 1.00 bits per heavy atom. The van der Waals surface area contributed by atoms with Crippen LogP contribution in [0.3, 0.4) is 0 Å². The average molecular weight is 227 g/mol. The van der Waals surface area contributed by atoms with Crippen LogP contribution in [0, 0.1) is 34.6 Å². The fourth-order valence-electron chi connectivity index (χ4n) is 1.84. The number of rotatable bonds is 1. The minimum atomic E-state index is -4.38. The Bertz CT molecular complexity index is 484. The molecule has 0 aliphatic rings. The van der Waals surface area contributed by atoms with E-state index in [1.807, 2.05) is 20.8 Å². The van der Waals surface area contributed by atoms with Gasteiger partial charge in [-0.25, -0.2) is 8.42 Å². The van der Waals surface area contributed by atoms with E-state index in [0.29, 0.717) is 11.1 Å². The largest absolute Gasteiger partial charge is 0.744 e. The molecule has 0 spiro atoms. The zero-order valence-electron chi connectivity index (χ0n) is 9.63. The summed E-state index contributed by atoms with van der Waals surface area (Å²) in [5.74, 6) is 0. The zero-order chi connectivity index (χ0) is 12.0. The third-order valence-corrected chi connectivity index (χ3v) is 4.29. The third-order valence-electron chi connectivity index (χ3n) is 3.18. The van der Waals surface area contributed by atoms with Gasteiger partial charge in [0.2, 0.25) is 0 Å². The Morgan fingerprint density at radius 3 is 1.27 bits per heavy atom. The molecule has 0 aliphatic heterocycles. The van der Waals surface area contributed by atoms with Gasteiger partial charge in [0.15, 0.2) is 0 Å². The second-order valence-corrected chi connectivity index (χ2v) is 5.22. The van der Waals surface area contributed by atoms with Crippen molar-refractivity contribution in [2.24, 2.45) is 0 Å². The van der Waals surface area contributed by atoms with Gasteiger partial charge in [0.05, 0.1) is 4.90 Å². The highest BCUT2D eigenvalue weighted by Crippen LogP contribution is 2.28. The summed E-state index contributed by atoms with van der Waals surface area (Å²) in [7, 11) is -4.38. The second-order valence-electron chi connectivity index (χ2n) is 3.91. The molecule has 0 saturated heterocycles. The lowest BCUT2D eigenvalue weighted by molar-refractivity contribution is 0.461. The van der Waals surface area contributed by atoms with Gasteiger partial charge in [0, 0.05) is 0 Å². The van der Waals surface area contributed by atoms with Crippen molar-refractivity contribution in [3.63, 3.8) is 0 Å². The number of hydrogen-bond acceptors (Lipinski definition) is 3. The molecule has 84 valence electrons. The van der Waals surface area contributed by atoms with Crippen molar-refractivity contribution in [3.05, 3.63) is 27.8 Å². The SMILES string of the molecule is Cc1c(C)c(C)c(S(=O)(=O)[O-])c(C)c1C. The van der Waals surface area contributed by atoms with Gasteiger partial charge in [-0.15, -0.1) is 0 Å². The molecule has 0 heterocycles. The van der Waals surface area contributed by atoms with Crippen LogP contribution in [0.2, 0.25) is 0 Å². The molecule has 0 fully saturated rings. The molecule has 4 heteroatoms. The highest BCUT2D eigenvalue weighted by molar-refractivity contribution is 7.85. The first-order valence-corrected chi connectivity index (χ1v) is 6.11. The first kappa shape index (κ1) is 12.2. The Balaban J connectivity index is 3.84. The van der Waals surface area contributed by atoms with Crippen LogP contribution >= 0.6 is 0 Å². The van der Waals surface area contributed by atoms with Crippen molar-refractivity contribution < 1.29 is 13.0 Å². The Labute approximate surface area is 90.9 Å². The van der Waals surface area contributed by atoms with E-state index in [1.54, 1.807) is 13.8 Å². The minimum absolute atomic E-state index is 0.0527. The van der Waals surface area contributed by atoms with Gasteiger partial charge in [-0.05, 0) is 62.4 Å². The van der Waals surface area contributed by atoms with Crippen LogP contribution in [0.5, 0.6) is 0 Å². The lowest BCUT2D eigenvalue weighted by Crippen LogP contribution is -2.08. The van der Waals surface area contributed by atoms with Crippen LogP contribution in [0.4, 0.5) is 0 Å². The van der Waals surface area contributed by atoms with Crippen LogP contribution in [0.15, 0.2) is 4.90 Å². The van der Waals surface area contributed by atoms with Gasteiger partial charge in [-0.2, -0.15) is 0 Å². The molecule has 15 heavy (non-hydrogen) atoms. The molecule has 0 atom stereocenters. The molecule has 3 nitrogen and oxygen atoms in total. The molecule has 0 aliphatic carbocycles. The van der Waals surface area contributed by atoms with Crippen molar-refractivity contribution in [2.45, 2.75) is 39.5 Å². The Morgan fingerprint density at radius 1 is 0.733 bits per heavy atom. The van der Waals surface area contributed by atoms with Gasteiger partial charge >= 0.3 is 0 Å².